The van der Waals surface area contributed by atoms with E-state index in [-0.39, 0.29) is 18.1 Å². The topological polar surface area (TPSA) is 91.5 Å². The Morgan fingerprint density at radius 3 is 2.62 bits per heavy atom. The van der Waals surface area contributed by atoms with Crippen molar-refractivity contribution in [2.45, 2.75) is 33.4 Å². The number of hydrogen-bond donors (Lipinski definition) is 1. The minimum atomic E-state index is -0.235. The number of hydrogen-bond acceptors (Lipinski definition) is 8. The monoisotopic (exact) mass is 530 g/mol. The van der Waals surface area contributed by atoms with Crippen LogP contribution in [0.4, 0.5) is 17.3 Å². The molecule has 10 nitrogen and oxygen atoms in total. The molecule has 1 aliphatic heterocycles. The summed E-state index contributed by atoms with van der Waals surface area (Å²) in [7, 11) is 4.09. The molecular weight excluding hydrogens is 492 g/mol. The van der Waals surface area contributed by atoms with Crippen molar-refractivity contribution in [3.63, 3.8) is 0 Å². The van der Waals surface area contributed by atoms with Crippen LogP contribution >= 0.6 is 0 Å². The fourth-order valence-corrected chi connectivity index (χ4v) is 4.57. The van der Waals surface area contributed by atoms with E-state index in [0.29, 0.717) is 29.0 Å². The molecule has 0 amide bonds. The maximum absolute atomic E-state index is 13.3. The van der Waals surface area contributed by atoms with Crippen LogP contribution in [0.1, 0.15) is 19.4 Å². The first-order valence-corrected chi connectivity index (χ1v) is 13.2. The van der Waals surface area contributed by atoms with E-state index in [1.54, 1.807) is 27.7 Å². The first-order valence-electron chi connectivity index (χ1n) is 13.2. The number of nitrogens with zero attached hydrogens (tertiary/aromatic N) is 7. The average Bonchev–Trinajstić information content (AvgIpc) is 3.18. The number of allylic oxidation sites excluding steroid dienone is 4. The Labute approximate surface area is 229 Å². The molecule has 0 unspecified atom stereocenters. The van der Waals surface area contributed by atoms with Crippen molar-refractivity contribution in [3.05, 3.63) is 71.3 Å². The minimum Gasteiger partial charge on any atom is -0.376 e. The summed E-state index contributed by atoms with van der Waals surface area (Å²) in [6, 6.07) is 6.45. The Balaban J connectivity index is 1.74. The molecule has 1 N–H and O–H groups in total. The molecule has 0 atom stereocenters. The van der Waals surface area contributed by atoms with Crippen molar-refractivity contribution < 1.29 is 4.79 Å². The fourth-order valence-electron chi connectivity index (χ4n) is 4.57. The second kappa shape index (κ2) is 12.1. The van der Waals surface area contributed by atoms with Crippen LogP contribution in [0.25, 0.3) is 16.7 Å². The van der Waals surface area contributed by atoms with Gasteiger partial charge in [0.05, 0.1) is 12.2 Å². The quantitative estimate of drug-likeness (QED) is 0.184. The Bertz CT molecular complexity index is 1460. The van der Waals surface area contributed by atoms with Gasteiger partial charge in [-0.3, -0.25) is 9.59 Å². The van der Waals surface area contributed by atoms with Crippen molar-refractivity contribution in [2.24, 2.45) is 0 Å². The molecule has 0 spiro atoms. The lowest BCUT2D eigenvalue weighted by Gasteiger charge is -2.35. The van der Waals surface area contributed by atoms with Gasteiger partial charge in [0, 0.05) is 63.0 Å². The van der Waals surface area contributed by atoms with Gasteiger partial charge in [0.2, 0.25) is 5.95 Å². The summed E-state index contributed by atoms with van der Waals surface area (Å²) in [5.74, 6) is 0.370. The summed E-state index contributed by atoms with van der Waals surface area (Å²) in [4.78, 5) is 40.5. The predicted octanol–water partition coefficient (Wildman–Crippen LogP) is 3.48. The first-order chi connectivity index (χ1) is 18.7. The highest BCUT2D eigenvalue weighted by Crippen LogP contribution is 2.26. The number of likely N-dealkylation sites (N-methyl/N-ethyl adjacent to an activating group) is 1. The second-order valence-electron chi connectivity index (χ2n) is 10.1. The van der Waals surface area contributed by atoms with Crippen molar-refractivity contribution >= 4 is 40.3 Å². The smallest absolute Gasteiger partial charge is 0.278 e. The molecular formula is C29H38N8O2. The number of rotatable bonds is 10. The number of anilines is 3. The molecule has 4 rings (SSSR count). The van der Waals surface area contributed by atoms with Crippen LogP contribution < -0.4 is 15.8 Å². The van der Waals surface area contributed by atoms with Gasteiger partial charge in [-0.15, -0.1) is 6.58 Å². The normalized spacial score (nSPS) is 14.9. The fraction of sp³-hybridized carbons (Fsp3) is 0.379. The van der Waals surface area contributed by atoms with Crippen LogP contribution in [0, 0.1) is 6.92 Å². The number of fused-ring (bicyclic) bond motifs is 1. The van der Waals surface area contributed by atoms with Crippen LogP contribution in [0.15, 0.2) is 60.2 Å². The van der Waals surface area contributed by atoms with Crippen molar-refractivity contribution in [1.82, 2.24) is 29.1 Å². The number of aromatic nitrogens is 4. The Kier molecular flexibility index (Phi) is 8.65. The molecule has 3 heterocycles. The second-order valence-corrected chi connectivity index (χ2v) is 10.1. The van der Waals surface area contributed by atoms with E-state index < -0.39 is 0 Å². The van der Waals surface area contributed by atoms with Crippen LogP contribution in [-0.4, -0.2) is 81.7 Å². The number of carbonyl (C=O) groups excluding carboxylic acids is 1. The molecule has 206 valence electrons. The minimum absolute atomic E-state index is 0.204. The van der Waals surface area contributed by atoms with Crippen LogP contribution in [0.3, 0.4) is 0 Å². The molecule has 1 aromatic carbocycles. The van der Waals surface area contributed by atoms with Gasteiger partial charge >= 0.3 is 0 Å². The van der Waals surface area contributed by atoms with Crippen LogP contribution in [-0.2, 0) is 11.3 Å². The molecule has 3 aromatic rings. The molecule has 1 saturated heterocycles. The molecule has 0 radical (unpaired) electrons. The third-order valence-corrected chi connectivity index (χ3v) is 7.02. The summed E-state index contributed by atoms with van der Waals surface area (Å²) in [5.41, 5.74) is 4.07. The number of benzene rings is 1. The lowest BCUT2D eigenvalue weighted by Crippen LogP contribution is -2.44. The molecule has 2 aromatic heterocycles. The zero-order valence-electron chi connectivity index (χ0n) is 23.5. The molecule has 1 aliphatic rings. The molecule has 0 saturated carbocycles. The summed E-state index contributed by atoms with van der Waals surface area (Å²) in [6.07, 6.45) is 8.86. The number of aryl methyl sites for hydroxylation is 1. The van der Waals surface area contributed by atoms with Crippen molar-refractivity contribution in [2.75, 3.05) is 50.5 Å². The third kappa shape index (κ3) is 6.12. The Morgan fingerprint density at radius 1 is 1.23 bits per heavy atom. The molecule has 0 aliphatic carbocycles. The van der Waals surface area contributed by atoms with Gasteiger partial charge in [0.15, 0.2) is 5.65 Å². The third-order valence-electron chi connectivity index (χ3n) is 7.02. The first kappa shape index (κ1) is 27.8. The van der Waals surface area contributed by atoms with Gasteiger partial charge in [0.25, 0.3) is 5.56 Å². The number of aldehydes is 1. The molecule has 0 bridgehead atoms. The van der Waals surface area contributed by atoms with Crippen LogP contribution in [0.2, 0.25) is 0 Å². The van der Waals surface area contributed by atoms with E-state index >= 15 is 0 Å². The van der Waals surface area contributed by atoms with Gasteiger partial charge in [0.1, 0.15) is 11.7 Å². The standard InChI is InChI=1S/C29H38N8O2/c1-7-12-36-28(39)25-19-30-29(32-27(25)37(36)24(9-8-17-38)20-34(6)21(2)3)31-23-10-11-26(22(4)18-23)35-15-13-33(5)14-16-35/h7-11,17-21H,1,12-16H2,2-6H3,(H,30,31,32)/b9-8-,24-20+. The van der Waals surface area contributed by atoms with Gasteiger partial charge in [-0.2, -0.15) is 4.98 Å². The zero-order valence-corrected chi connectivity index (χ0v) is 23.5. The van der Waals surface area contributed by atoms with E-state index in [2.05, 4.69) is 66.6 Å². The molecule has 10 heteroatoms. The van der Waals surface area contributed by atoms with E-state index in [1.807, 2.05) is 24.2 Å². The molecule has 39 heavy (non-hydrogen) atoms. The largest absolute Gasteiger partial charge is 0.376 e. The summed E-state index contributed by atoms with van der Waals surface area (Å²) >= 11 is 0. The number of nitrogens with one attached hydrogen (secondary N) is 1. The summed E-state index contributed by atoms with van der Waals surface area (Å²) in [5, 5.41) is 3.68. The van der Waals surface area contributed by atoms with Gasteiger partial charge in [-0.25, -0.2) is 14.3 Å². The van der Waals surface area contributed by atoms with Crippen molar-refractivity contribution in [3.8, 4) is 0 Å². The Hall–Kier alpha value is -4.18. The lowest BCUT2D eigenvalue weighted by molar-refractivity contribution is -0.104. The molecule has 1 fully saturated rings. The van der Waals surface area contributed by atoms with E-state index in [1.165, 1.54) is 17.3 Å². The highest BCUT2D eigenvalue weighted by Gasteiger charge is 2.19. The summed E-state index contributed by atoms with van der Waals surface area (Å²) in [6.45, 7) is 14.4. The SMILES string of the molecule is C=CCn1c(=O)c2cnc(Nc3ccc(N4CCN(C)CC4)c(C)c3)nc2n1C(/C=C\C=O)=C/N(C)C(C)C. The number of piperazine rings is 1. The lowest BCUT2D eigenvalue weighted by atomic mass is 10.1. The maximum Gasteiger partial charge on any atom is 0.278 e. The highest BCUT2D eigenvalue weighted by molar-refractivity contribution is 5.81. The Morgan fingerprint density at radius 2 is 1.97 bits per heavy atom. The van der Waals surface area contributed by atoms with Crippen LogP contribution in [0.5, 0.6) is 0 Å². The van der Waals surface area contributed by atoms with E-state index in [0.717, 1.165) is 31.9 Å². The zero-order chi connectivity index (χ0) is 28.1. The highest BCUT2D eigenvalue weighted by atomic mass is 16.1. The summed E-state index contributed by atoms with van der Waals surface area (Å²) < 4.78 is 3.26. The van der Waals surface area contributed by atoms with Crippen molar-refractivity contribution in [1.29, 1.82) is 0 Å². The van der Waals surface area contributed by atoms with E-state index in [4.69, 9.17) is 4.98 Å². The van der Waals surface area contributed by atoms with Gasteiger partial charge in [-0.1, -0.05) is 6.08 Å². The maximum atomic E-state index is 13.3. The average molecular weight is 531 g/mol. The van der Waals surface area contributed by atoms with Gasteiger partial charge < -0.3 is 20.0 Å². The predicted molar refractivity (Wildman–Crippen MR) is 159 cm³/mol. The van der Waals surface area contributed by atoms with E-state index in [9.17, 15) is 9.59 Å². The van der Waals surface area contributed by atoms with Gasteiger partial charge in [-0.05, 0) is 63.7 Å². The number of carbonyl (C=O) groups is 1.